The Kier molecular flexibility index (Phi) is 6.05. The summed E-state index contributed by atoms with van der Waals surface area (Å²) in [5.41, 5.74) is 0.178. The zero-order valence-corrected chi connectivity index (χ0v) is 15.5. The van der Waals surface area contributed by atoms with E-state index >= 15 is 0 Å². The minimum Gasteiger partial charge on any atom is -0.372 e. The number of hydrogen-bond acceptors (Lipinski definition) is 6. The van der Waals surface area contributed by atoms with E-state index in [4.69, 9.17) is 4.74 Å². The van der Waals surface area contributed by atoms with E-state index in [1.54, 1.807) is 12.1 Å². The average Bonchev–Trinajstić information content (AvgIpc) is 2.61. The second kappa shape index (κ2) is 8.46. The minimum absolute atomic E-state index is 0.136. The fourth-order valence-corrected chi connectivity index (χ4v) is 3.50. The summed E-state index contributed by atoms with van der Waals surface area (Å²) in [6, 6.07) is 7.96. The number of hydrogen-bond donors (Lipinski definition) is 1. The van der Waals surface area contributed by atoms with Gasteiger partial charge in [0.05, 0.1) is 23.6 Å². The molecule has 1 fully saturated rings. The van der Waals surface area contributed by atoms with Gasteiger partial charge in [-0.05, 0) is 26.0 Å². The first-order valence-corrected chi connectivity index (χ1v) is 9.39. The summed E-state index contributed by atoms with van der Waals surface area (Å²) in [6.07, 6.45) is 1.77. The van der Waals surface area contributed by atoms with E-state index in [-0.39, 0.29) is 29.6 Å². The fraction of sp³-hybridized carbons (Fsp3) is 0.389. The molecule has 138 valence electrons. The van der Waals surface area contributed by atoms with Gasteiger partial charge >= 0.3 is 0 Å². The van der Waals surface area contributed by atoms with E-state index in [0.717, 1.165) is 18.9 Å². The molecule has 1 aliphatic rings. The molecule has 3 rings (SSSR count). The molecule has 1 N–H and O–H groups in total. The van der Waals surface area contributed by atoms with E-state index < -0.39 is 5.82 Å². The number of morpholine rings is 1. The molecule has 0 aliphatic carbocycles. The van der Waals surface area contributed by atoms with E-state index in [1.807, 2.05) is 19.9 Å². The molecule has 1 aromatic heterocycles. The molecule has 1 aromatic carbocycles. The highest BCUT2D eigenvalue weighted by molar-refractivity contribution is 7.99. The van der Waals surface area contributed by atoms with Crippen LogP contribution >= 0.6 is 11.8 Å². The van der Waals surface area contributed by atoms with Crippen LogP contribution in [0.3, 0.4) is 0 Å². The topological polar surface area (TPSA) is 67.4 Å². The van der Waals surface area contributed by atoms with E-state index in [2.05, 4.69) is 20.2 Å². The minimum atomic E-state index is -0.453. The molecule has 6 nitrogen and oxygen atoms in total. The molecule has 0 spiro atoms. The highest BCUT2D eigenvalue weighted by Crippen LogP contribution is 2.23. The van der Waals surface area contributed by atoms with Gasteiger partial charge in [0.1, 0.15) is 23.0 Å². The maximum absolute atomic E-state index is 13.6. The maximum Gasteiger partial charge on any atom is 0.234 e. The van der Waals surface area contributed by atoms with Crippen LogP contribution in [0.25, 0.3) is 0 Å². The third-order valence-corrected chi connectivity index (χ3v) is 4.80. The first-order valence-electron chi connectivity index (χ1n) is 8.41. The van der Waals surface area contributed by atoms with Gasteiger partial charge in [-0.2, -0.15) is 0 Å². The van der Waals surface area contributed by atoms with Gasteiger partial charge in [0, 0.05) is 19.2 Å². The molecule has 1 aliphatic heterocycles. The summed E-state index contributed by atoms with van der Waals surface area (Å²) in [6.45, 7) is 5.59. The first-order chi connectivity index (χ1) is 12.5. The number of amides is 1. The number of carbonyl (C=O) groups excluding carboxylic acids is 1. The summed E-state index contributed by atoms with van der Waals surface area (Å²) in [5, 5.41) is 3.26. The van der Waals surface area contributed by atoms with Gasteiger partial charge < -0.3 is 15.0 Å². The Morgan fingerprint density at radius 3 is 2.77 bits per heavy atom. The van der Waals surface area contributed by atoms with Crippen LogP contribution in [0.15, 0.2) is 41.7 Å². The fourth-order valence-electron chi connectivity index (χ4n) is 2.84. The van der Waals surface area contributed by atoms with Gasteiger partial charge in [0.2, 0.25) is 5.91 Å². The van der Waals surface area contributed by atoms with Crippen LogP contribution in [0, 0.1) is 5.82 Å². The van der Waals surface area contributed by atoms with Crippen LogP contribution in [0.1, 0.15) is 13.8 Å². The van der Waals surface area contributed by atoms with Crippen LogP contribution in [0.2, 0.25) is 0 Å². The molecule has 2 aromatic rings. The number of thioether (sulfide) groups is 1. The Bertz CT molecular complexity index is 766. The molecule has 0 saturated carbocycles. The van der Waals surface area contributed by atoms with Crippen LogP contribution in [0.5, 0.6) is 0 Å². The number of carbonyl (C=O) groups is 1. The normalized spacial score (nSPS) is 20.0. The molecule has 2 heterocycles. The largest absolute Gasteiger partial charge is 0.372 e. The van der Waals surface area contributed by atoms with Gasteiger partial charge in [-0.1, -0.05) is 23.9 Å². The average molecular weight is 376 g/mol. The Hall–Kier alpha value is -2.19. The zero-order chi connectivity index (χ0) is 18.5. The molecule has 0 bridgehead atoms. The Labute approximate surface area is 156 Å². The Balaban J connectivity index is 1.58. The molecular weight excluding hydrogens is 355 g/mol. The van der Waals surface area contributed by atoms with Crippen molar-refractivity contribution in [1.29, 1.82) is 0 Å². The summed E-state index contributed by atoms with van der Waals surface area (Å²) >= 11 is 1.29. The van der Waals surface area contributed by atoms with Crippen LogP contribution < -0.4 is 10.2 Å². The van der Waals surface area contributed by atoms with Crippen LogP contribution in [0.4, 0.5) is 15.9 Å². The van der Waals surface area contributed by atoms with Crippen molar-refractivity contribution in [1.82, 2.24) is 9.97 Å². The summed E-state index contributed by atoms with van der Waals surface area (Å²) in [4.78, 5) is 22.7. The number of anilines is 2. The second-order valence-electron chi connectivity index (χ2n) is 6.19. The lowest BCUT2D eigenvalue weighted by Gasteiger charge is -2.36. The second-order valence-corrected chi connectivity index (χ2v) is 7.19. The van der Waals surface area contributed by atoms with Gasteiger partial charge in [0.15, 0.2) is 0 Å². The Morgan fingerprint density at radius 2 is 2.04 bits per heavy atom. The summed E-state index contributed by atoms with van der Waals surface area (Å²) < 4.78 is 19.3. The van der Waals surface area contributed by atoms with Crippen molar-refractivity contribution in [2.75, 3.05) is 29.1 Å². The van der Waals surface area contributed by atoms with Crippen molar-refractivity contribution in [2.24, 2.45) is 0 Å². The number of halogens is 1. The molecule has 1 saturated heterocycles. The predicted octanol–water partition coefficient (Wildman–Crippen LogP) is 2.96. The SMILES string of the molecule is CC1CN(c2cc(SCC(=O)Nc3ccccc3F)ncn2)CC(C)O1. The van der Waals surface area contributed by atoms with Gasteiger partial charge in [-0.3, -0.25) is 4.79 Å². The first kappa shape index (κ1) is 18.6. The maximum atomic E-state index is 13.6. The zero-order valence-electron chi connectivity index (χ0n) is 14.7. The molecule has 1 amide bonds. The van der Waals surface area contributed by atoms with Crippen molar-refractivity contribution in [3.05, 3.63) is 42.5 Å². The van der Waals surface area contributed by atoms with Gasteiger partial charge in [-0.25, -0.2) is 14.4 Å². The highest BCUT2D eigenvalue weighted by Gasteiger charge is 2.23. The third-order valence-electron chi connectivity index (χ3n) is 3.87. The predicted molar refractivity (Wildman–Crippen MR) is 100 cm³/mol. The smallest absolute Gasteiger partial charge is 0.234 e. The third kappa shape index (κ3) is 4.92. The van der Waals surface area contributed by atoms with Crippen molar-refractivity contribution in [3.8, 4) is 0 Å². The van der Waals surface area contributed by atoms with Crippen molar-refractivity contribution >= 4 is 29.2 Å². The van der Waals surface area contributed by atoms with E-state index in [1.165, 1.54) is 30.2 Å². The van der Waals surface area contributed by atoms with E-state index in [9.17, 15) is 9.18 Å². The van der Waals surface area contributed by atoms with E-state index in [0.29, 0.717) is 5.03 Å². The lowest BCUT2D eigenvalue weighted by atomic mass is 10.2. The number of aromatic nitrogens is 2. The molecule has 2 unspecified atom stereocenters. The molecule has 26 heavy (non-hydrogen) atoms. The number of rotatable bonds is 5. The quantitative estimate of drug-likeness (QED) is 0.639. The monoisotopic (exact) mass is 376 g/mol. The molecule has 0 radical (unpaired) electrons. The molecule has 2 atom stereocenters. The van der Waals surface area contributed by atoms with Crippen LogP contribution in [-0.2, 0) is 9.53 Å². The number of para-hydroxylation sites is 1. The summed E-state index contributed by atoms with van der Waals surface area (Å²) in [5.74, 6) is 0.222. The lowest BCUT2D eigenvalue weighted by molar-refractivity contribution is -0.113. The highest BCUT2D eigenvalue weighted by atomic mass is 32.2. The van der Waals surface area contributed by atoms with Gasteiger partial charge in [-0.15, -0.1) is 0 Å². The van der Waals surface area contributed by atoms with Crippen molar-refractivity contribution < 1.29 is 13.9 Å². The Morgan fingerprint density at radius 1 is 1.31 bits per heavy atom. The molecule has 8 heteroatoms. The number of ether oxygens (including phenoxy) is 1. The number of nitrogens with one attached hydrogen (secondary N) is 1. The van der Waals surface area contributed by atoms with Crippen molar-refractivity contribution in [3.63, 3.8) is 0 Å². The summed E-state index contributed by atoms with van der Waals surface area (Å²) in [7, 11) is 0. The van der Waals surface area contributed by atoms with Gasteiger partial charge in [0.25, 0.3) is 0 Å². The molecular formula is C18H21FN4O2S. The standard InChI is InChI=1S/C18H21FN4O2S/c1-12-8-23(9-13(2)25-12)16-7-18(21-11-20-16)26-10-17(24)22-15-6-4-3-5-14(15)19/h3-7,11-13H,8-10H2,1-2H3,(H,22,24). The number of nitrogens with zero attached hydrogens (tertiary/aromatic N) is 3. The van der Waals surface area contributed by atoms with Crippen LogP contribution in [-0.4, -0.2) is 46.9 Å². The number of benzene rings is 1. The lowest BCUT2D eigenvalue weighted by Crippen LogP contribution is -2.45. The van der Waals surface area contributed by atoms with Crippen molar-refractivity contribution in [2.45, 2.75) is 31.1 Å².